The number of rotatable bonds is 5. The van der Waals surface area contributed by atoms with E-state index in [4.69, 9.17) is 13.0 Å². The van der Waals surface area contributed by atoms with Gasteiger partial charge < -0.3 is 23.2 Å². The minimum Gasteiger partial charge on any atom is -0.414 e. The Morgan fingerprint density at radius 2 is 1.38 bits per heavy atom. The largest absolute Gasteiger partial charge is 0.414 e. The van der Waals surface area contributed by atoms with E-state index in [1.54, 1.807) is 0 Å². The second-order valence-corrected chi connectivity index (χ2v) is 18.3. The second kappa shape index (κ2) is 8.31. The Morgan fingerprint density at radius 1 is 0.885 bits per heavy atom. The van der Waals surface area contributed by atoms with Crippen LogP contribution in [0.3, 0.4) is 0 Å². The first-order valence-corrected chi connectivity index (χ1v) is 14.3. The second-order valence-electron chi connectivity index (χ2n) is 9.49. The van der Waals surface area contributed by atoms with Crippen LogP contribution in [-0.4, -0.2) is 52.8 Å². The average molecular weight is 405 g/mol. The maximum absolute atomic E-state index is 10.8. The van der Waals surface area contributed by atoms with E-state index in [9.17, 15) is 10.2 Å². The smallest absolute Gasteiger partial charge is 0.335 e. The van der Waals surface area contributed by atoms with Crippen LogP contribution in [0.2, 0.25) is 22.2 Å². The van der Waals surface area contributed by atoms with Crippen molar-refractivity contribution >= 4 is 17.1 Å². The highest BCUT2D eigenvalue weighted by Crippen LogP contribution is 2.49. The summed E-state index contributed by atoms with van der Waals surface area (Å²) in [6.07, 6.45) is -0.187. The third-order valence-electron chi connectivity index (χ3n) is 6.51. The molecule has 0 radical (unpaired) electrons. The monoisotopic (exact) mass is 404 g/mol. The van der Waals surface area contributed by atoms with Gasteiger partial charge >= 0.3 is 17.1 Å². The van der Waals surface area contributed by atoms with Crippen LogP contribution in [0.5, 0.6) is 0 Å². The van der Waals surface area contributed by atoms with Crippen LogP contribution < -0.4 is 0 Å². The fraction of sp³-hybridized carbons (Fsp3) is 1.00. The van der Waals surface area contributed by atoms with E-state index in [1.165, 1.54) is 0 Å². The molecule has 0 aromatic heterocycles. The summed E-state index contributed by atoms with van der Waals surface area (Å²) in [5.74, 6) is -0.00769. The fourth-order valence-corrected chi connectivity index (χ4v) is 16.2. The standard InChI is InChI=1S/C19H40O5Si2/c1-12(2)25(13(3)4)22-11-17-9-16(10-20)18(21)19(17)23-26(24-25,14(5)6)15(7)8/h12-21H,9-11H2,1-8H3/t16-,17+,18-,19+/m0/s1. The molecule has 0 bridgehead atoms. The van der Waals surface area contributed by atoms with Gasteiger partial charge in [-0.15, -0.1) is 0 Å². The Balaban J connectivity index is 2.52. The van der Waals surface area contributed by atoms with Gasteiger partial charge in [-0.3, -0.25) is 0 Å². The molecule has 7 heteroatoms. The maximum Gasteiger partial charge on any atom is 0.335 e. The molecule has 2 aliphatic rings. The Hall–Kier alpha value is 0.234. The van der Waals surface area contributed by atoms with Gasteiger partial charge in [0.2, 0.25) is 0 Å². The lowest BCUT2D eigenvalue weighted by atomic mass is 10.1. The predicted octanol–water partition coefficient (Wildman–Crippen LogP) is 3.93. The summed E-state index contributed by atoms with van der Waals surface area (Å²) in [4.78, 5) is 0. The van der Waals surface area contributed by atoms with Crippen LogP contribution in [0, 0.1) is 11.8 Å². The molecule has 154 valence electrons. The summed E-state index contributed by atoms with van der Waals surface area (Å²) in [5.41, 5.74) is 1.17. The summed E-state index contributed by atoms with van der Waals surface area (Å²) >= 11 is 0. The molecule has 1 aliphatic carbocycles. The zero-order valence-corrected chi connectivity index (χ0v) is 19.9. The van der Waals surface area contributed by atoms with Crippen LogP contribution in [0.4, 0.5) is 0 Å². The molecular weight excluding hydrogens is 364 g/mol. The van der Waals surface area contributed by atoms with Gasteiger partial charge in [-0.05, 0) is 28.6 Å². The number of aliphatic hydroxyl groups excluding tert-OH is 2. The van der Waals surface area contributed by atoms with Crippen molar-refractivity contribution in [2.75, 3.05) is 13.2 Å². The van der Waals surface area contributed by atoms with Gasteiger partial charge in [-0.1, -0.05) is 55.4 Å². The van der Waals surface area contributed by atoms with Gasteiger partial charge in [0.15, 0.2) is 0 Å². The van der Waals surface area contributed by atoms with Gasteiger partial charge in [0.25, 0.3) is 0 Å². The van der Waals surface area contributed by atoms with Crippen molar-refractivity contribution in [3.8, 4) is 0 Å². The van der Waals surface area contributed by atoms with Crippen LogP contribution in [-0.2, 0) is 13.0 Å². The Morgan fingerprint density at radius 3 is 1.81 bits per heavy atom. The third-order valence-corrected chi connectivity index (χ3v) is 16.8. The SMILES string of the molecule is CC(C)[Si]1(C(C)C)OC[C@H]2C[C@@H](CO)[C@H](O)[C@@H]2O[Si](C(C)C)(C(C)C)O1. The van der Waals surface area contributed by atoms with Crippen LogP contribution in [0.15, 0.2) is 0 Å². The van der Waals surface area contributed by atoms with Crippen molar-refractivity contribution in [2.45, 2.75) is 96.2 Å². The minimum atomic E-state index is -2.66. The molecule has 0 amide bonds. The summed E-state index contributed by atoms with van der Waals surface area (Å²) in [5, 5.41) is 20.5. The molecular formula is C19H40O5Si2. The van der Waals surface area contributed by atoms with E-state index in [0.717, 1.165) is 6.42 Å². The predicted molar refractivity (Wildman–Crippen MR) is 108 cm³/mol. The zero-order chi connectivity index (χ0) is 19.9. The molecule has 4 atom stereocenters. The highest BCUT2D eigenvalue weighted by Gasteiger charge is 2.60. The molecule has 2 N–H and O–H groups in total. The summed E-state index contributed by atoms with van der Waals surface area (Å²) < 4.78 is 20.6. The van der Waals surface area contributed by atoms with Gasteiger partial charge in [0.1, 0.15) is 0 Å². The molecule has 1 saturated heterocycles. The molecule has 0 aromatic rings. The van der Waals surface area contributed by atoms with Crippen molar-refractivity contribution < 1.29 is 23.2 Å². The van der Waals surface area contributed by atoms with Crippen molar-refractivity contribution in [3.63, 3.8) is 0 Å². The van der Waals surface area contributed by atoms with Crippen molar-refractivity contribution in [1.29, 1.82) is 0 Å². The van der Waals surface area contributed by atoms with Crippen molar-refractivity contribution in [2.24, 2.45) is 11.8 Å². The van der Waals surface area contributed by atoms with E-state index >= 15 is 0 Å². The van der Waals surface area contributed by atoms with Gasteiger partial charge in [-0.2, -0.15) is 0 Å². The van der Waals surface area contributed by atoms with E-state index < -0.39 is 23.2 Å². The van der Waals surface area contributed by atoms with Crippen molar-refractivity contribution in [1.82, 2.24) is 0 Å². The topological polar surface area (TPSA) is 68.2 Å². The number of hydrogen-bond acceptors (Lipinski definition) is 5. The van der Waals surface area contributed by atoms with Crippen LogP contribution >= 0.6 is 0 Å². The lowest BCUT2D eigenvalue weighted by Gasteiger charge is -2.51. The molecule has 1 saturated carbocycles. The van der Waals surface area contributed by atoms with Crippen LogP contribution in [0.1, 0.15) is 61.8 Å². The van der Waals surface area contributed by atoms with Crippen molar-refractivity contribution in [3.05, 3.63) is 0 Å². The minimum absolute atomic E-state index is 0.00672. The molecule has 0 aromatic carbocycles. The first kappa shape index (κ1) is 22.5. The Kier molecular flexibility index (Phi) is 7.20. The van der Waals surface area contributed by atoms with Crippen LogP contribution in [0.25, 0.3) is 0 Å². The van der Waals surface area contributed by atoms with Gasteiger partial charge in [0.05, 0.1) is 12.2 Å². The molecule has 0 unspecified atom stereocenters. The first-order valence-electron chi connectivity index (χ1n) is 10.3. The van der Waals surface area contributed by atoms with Gasteiger partial charge in [0, 0.05) is 25.0 Å². The molecule has 1 heterocycles. The summed E-state index contributed by atoms with van der Waals surface area (Å²) in [7, 11) is -5.16. The lowest BCUT2D eigenvalue weighted by molar-refractivity contribution is -0.0304. The summed E-state index contributed by atoms with van der Waals surface area (Å²) in [6.45, 7) is 18.2. The quantitative estimate of drug-likeness (QED) is 0.680. The Labute approximate surface area is 161 Å². The Bertz CT molecular complexity index is 453. The third kappa shape index (κ3) is 3.73. The molecule has 5 nitrogen and oxygen atoms in total. The molecule has 2 rings (SSSR count). The maximum atomic E-state index is 10.8. The first-order chi connectivity index (χ1) is 12.0. The highest BCUT2D eigenvalue weighted by molar-refractivity contribution is 6.83. The lowest BCUT2D eigenvalue weighted by Crippen LogP contribution is -2.65. The van der Waals surface area contributed by atoms with Gasteiger partial charge in [-0.25, -0.2) is 0 Å². The normalized spacial score (nSPS) is 34.4. The molecule has 2 fully saturated rings. The summed E-state index contributed by atoms with van der Waals surface area (Å²) in [6, 6.07) is 0. The van der Waals surface area contributed by atoms with E-state index in [0.29, 0.717) is 17.7 Å². The highest BCUT2D eigenvalue weighted by atomic mass is 28.5. The fourth-order valence-electron chi connectivity index (χ4n) is 4.88. The van der Waals surface area contributed by atoms with E-state index in [-0.39, 0.29) is 35.6 Å². The number of fused-ring (bicyclic) bond motifs is 1. The number of aliphatic hydroxyl groups is 2. The average Bonchev–Trinajstić information content (AvgIpc) is 2.81. The molecule has 1 aliphatic heterocycles. The molecule has 0 spiro atoms. The number of hydrogen-bond donors (Lipinski definition) is 2. The van der Waals surface area contributed by atoms with E-state index in [1.807, 2.05) is 0 Å². The molecule has 26 heavy (non-hydrogen) atoms. The zero-order valence-electron chi connectivity index (χ0n) is 17.9. The van der Waals surface area contributed by atoms with E-state index in [2.05, 4.69) is 55.4 Å².